The van der Waals surface area contributed by atoms with Gasteiger partial charge in [0.2, 0.25) is 0 Å². The Morgan fingerprint density at radius 3 is 2.52 bits per heavy atom. The van der Waals surface area contributed by atoms with Crippen LogP contribution in [0, 0.1) is 0 Å². The number of methoxy groups -OCH3 is 2. The standard InChI is InChI=1S/C17H19NO3/c1-4-7-18-14-6-5-11(19)8-13(14)17-15(18)9-12(20-2)10-16(17)21-3/h5-6,8-10,19H,4,7H2,1-3H3. The zero-order valence-corrected chi connectivity index (χ0v) is 12.5. The highest BCUT2D eigenvalue weighted by atomic mass is 16.5. The van der Waals surface area contributed by atoms with Gasteiger partial charge in [0.15, 0.2) is 0 Å². The van der Waals surface area contributed by atoms with Gasteiger partial charge in [-0.05, 0) is 24.6 Å². The van der Waals surface area contributed by atoms with Crippen molar-refractivity contribution in [1.29, 1.82) is 0 Å². The van der Waals surface area contributed by atoms with Gasteiger partial charge in [0.05, 0.1) is 19.7 Å². The highest BCUT2D eigenvalue weighted by molar-refractivity contribution is 6.12. The number of aryl methyl sites for hydroxylation is 1. The van der Waals surface area contributed by atoms with Crippen molar-refractivity contribution in [3.05, 3.63) is 30.3 Å². The molecule has 3 aromatic rings. The zero-order chi connectivity index (χ0) is 15.0. The van der Waals surface area contributed by atoms with E-state index < -0.39 is 0 Å². The van der Waals surface area contributed by atoms with Gasteiger partial charge in [0.25, 0.3) is 0 Å². The Bertz CT molecular complexity index is 805. The minimum Gasteiger partial charge on any atom is -0.508 e. The summed E-state index contributed by atoms with van der Waals surface area (Å²) in [4.78, 5) is 0. The van der Waals surface area contributed by atoms with Crippen LogP contribution in [0.3, 0.4) is 0 Å². The molecule has 1 N–H and O–H groups in total. The SMILES string of the molecule is CCCn1c2ccc(O)cc2c2c(OC)cc(OC)cc21. The van der Waals surface area contributed by atoms with E-state index in [-0.39, 0.29) is 5.75 Å². The van der Waals surface area contributed by atoms with Crippen molar-refractivity contribution in [2.24, 2.45) is 0 Å². The van der Waals surface area contributed by atoms with Gasteiger partial charge < -0.3 is 19.1 Å². The average molecular weight is 285 g/mol. The van der Waals surface area contributed by atoms with Crippen LogP contribution in [0.5, 0.6) is 17.2 Å². The number of hydrogen-bond donors (Lipinski definition) is 1. The normalized spacial score (nSPS) is 11.2. The molecular formula is C17H19NO3. The van der Waals surface area contributed by atoms with E-state index in [9.17, 15) is 5.11 Å². The molecule has 4 nitrogen and oxygen atoms in total. The van der Waals surface area contributed by atoms with E-state index in [4.69, 9.17) is 9.47 Å². The molecule has 0 fully saturated rings. The van der Waals surface area contributed by atoms with Crippen LogP contribution in [0.15, 0.2) is 30.3 Å². The van der Waals surface area contributed by atoms with Gasteiger partial charge >= 0.3 is 0 Å². The molecule has 4 heteroatoms. The summed E-state index contributed by atoms with van der Waals surface area (Å²) < 4.78 is 13.2. The maximum absolute atomic E-state index is 9.82. The first kappa shape index (κ1) is 13.6. The smallest absolute Gasteiger partial charge is 0.132 e. The van der Waals surface area contributed by atoms with Crippen LogP contribution in [0.4, 0.5) is 0 Å². The molecule has 0 aliphatic heterocycles. The summed E-state index contributed by atoms with van der Waals surface area (Å²) in [6.45, 7) is 3.05. The second-order valence-corrected chi connectivity index (χ2v) is 5.08. The largest absolute Gasteiger partial charge is 0.508 e. The van der Waals surface area contributed by atoms with Crippen LogP contribution in [0.1, 0.15) is 13.3 Å². The lowest BCUT2D eigenvalue weighted by molar-refractivity contribution is 0.398. The Hall–Kier alpha value is -2.36. The molecule has 0 aliphatic carbocycles. The third kappa shape index (κ3) is 2.07. The molecule has 1 aromatic heterocycles. The van der Waals surface area contributed by atoms with Crippen molar-refractivity contribution in [2.75, 3.05) is 14.2 Å². The number of rotatable bonds is 4. The second-order valence-electron chi connectivity index (χ2n) is 5.08. The van der Waals surface area contributed by atoms with Gasteiger partial charge in [-0.1, -0.05) is 6.92 Å². The molecule has 0 saturated heterocycles. The number of phenolic OH excluding ortho intramolecular Hbond substituents is 1. The number of phenols is 1. The fourth-order valence-electron chi connectivity index (χ4n) is 2.89. The molecule has 3 rings (SSSR count). The molecule has 0 saturated carbocycles. The molecular weight excluding hydrogens is 266 g/mol. The summed E-state index contributed by atoms with van der Waals surface area (Å²) in [5.74, 6) is 1.79. The van der Waals surface area contributed by atoms with Crippen LogP contribution in [-0.4, -0.2) is 23.9 Å². The lowest BCUT2D eigenvalue weighted by atomic mass is 10.1. The molecule has 0 unspecified atom stereocenters. The summed E-state index contributed by atoms with van der Waals surface area (Å²) in [5, 5.41) is 11.8. The first-order valence-corrected chi connectivity index (χ1v) is 7.06. The number of nitrogens with zero attached hydrogens (tertiary/aromatic N) is 1. The number of fused-ring (bicyclic) bond motifs is 3. The van der Waals surface area contributed by atoms with Gasteiger partial charge in [0.1, 0.15) is 17.2 Å². The van der Waals surface area contributed by atoms with Crippen LogP contribution in [0.2, 0.25) is 0 Å². The number of benzene rings is 2. The first-order valence-electron chi connectivity index (χ1n) is 7.06. The van der Waals surface area contributed by atoms with E-state index in [1.54, 1.807) is 26.4 Å². The van der Waals surface area contributed by atoms with Crippen molar-refractivity contribution < 1.29 is 14.6 Å². The van der Waals surface area contributed by atoms with E-state index in [0.717, 1.165) is 46.3 Å². The van der Waals surface area contributed by atoms with Gasteiger partial charge in [-0.15, -0.1) is 0 Å². The monoisotopic (exact) mass is 285 g/mol. The minimum absolute atomic E-state index is 0.260. The van der Waals surface area contributed by atoms with Crippen molar-refractivity contribution in [3.63, 3.8) is 0 Å². The number of hydrogen-bond acceptors (Lipinski definition) is 3. The highest BCUT2D eigenvalue weighted by Crippen LogP contribution is 2.39. The maximum atomic E-state index is 9.82. The predicted molar refractivity (Wildman–Crippen MR) is 84.5 cm³/mol. The van der Waals surface area contributed by atoms with E-state index in [1.165, 1.54) is 0 Å². The fourth-order valence-corrected chi connectivity index (χ4v) is 2.89. The third-order valence-corrected chi connectivity index (χ3v) is 3.79. The number of aromatic nitrogens is 1. The lowest BCUT2D eigenvalue weighted by Gasteiger charge is -2.09. The lowest BCUT2D eigenvalue weighted by Crippen LogP contribution is -1.96. The zero-order valence-electron chi connectivity index (χ0n) is 12.5. The topological polar surface area (TPSA) is 43.6 Å². The Balaban J connectivity index is 2.49. The minimum atomic E-state index is 0.260. The molecule has 0 atom stereocenters. The van der Waals surface area contributed by atoms with E-state index in [2.05, 4.69) is 11.5 Å². The van der Waals surface area contributed by atoms with Crippen molar-refractivity contribution in [3.8, 4) is 17.2 Å². The van der Waals surface area contributed by atoms with Crippen LogP contribution < -0.4 is 9.47 Å². The Kier molecular flexibility index (Phi) is 3.37. The van der Waals surface area contributed by atoms with Crippen LogP contribution >= 0.6 is 0 Å². The quantitative estimate of drug-likeness (QED) is 0.790. The Morgan fingerprint density at radius 1 is 1.05 bits per heavy atom. The summed E-state index contributed by atoms with van der Waals surface area (Å²) in [7, 11) is 3.30. The summed E-state index contributed by atoms with van der Waals surface area (Å²) in [6.07, 6.45) is 1.03. The summed E-state index contributed by atoms with van der Waals surface area (Å²) in [6, 6.07) is 9.36. The maximum Gasteiger partial charge on any atom is 0.132 e. The van der Waals surface area contributed by atoms with E-state index in [0.29, 0.717) is 0 Å². The molecule has 2 aromatic carbocycles. The van der Waals surface area contributed by atoms with Gasteiger partial charge in [-0.25, -0.2) is 0 Å². The summed E-state index contributed by atoms with van der Waals surface area (Å²) in [5.41, 5.74) is 2.16. The van der Waals surface area contributed by atoms with Crippen molar-refractivity contribution >= 4 is 21.8 Å². The average Bonchev–Trinajstić information content (AvgIpc) is 2.80. The van der Waals surface area contributed by atoms with Crippen LogP contribution in [0.25, 0.3) is 21.8 Å². The molecule has 0 bridgehead atoms. The molecule has 0 radical (unpaired) electrons. The molecule has 0 aliphatic rings. The number of ether oxygens (including phenoxy) is 2. The first-order chi connectivity index (χ1) is 10.2. The Labute approximate surface area is 123 Å². The molecule has 110 valence electrons. The van der Waals surface area contributed by atoms with E-state index in [1.807, 2.05) is 18.2 Å². The fraction of sp³-hybridized carbons (Fsp3) is 0.294. The molecule has 21 heavy (non-hydrogen) atoms. The van der Waals surface area contributed by atoms with Gasteiger partial charge in [0, 0.05) is 35.0 Å². The molecule has 0 spiro atoms. The van der Waals surface area contributed by atoms with Gasteiger partial charge in [-0.2, -0.15) is 0 Å². The highest BCUT2D eigenvalue weighted by Gasteiger charge is 2.16. The van der Waals surface area contributed by atoms with Crippen molar-refractivity contribution in [1.82, 2.24) is 4.57 Å². The van der Waals surface area contributed by atoms with Crippen molar-refractivity contribution in [2.45, 2.75) is 19.9 Å². The molecule has 0 amide bonds. The van der Waals surface area contributed by atoms with Gasteiger partial charge in [-0.3, -0.25) is 0 Å². The van der Waals surface area contributed by atoms with Crippen LogP contribution in [-0.2, 0) is 6.54 Å². The second kappa shape index (κ2) is 5.20. The predicted octanol–water partition coefficient (Wildman–Crippen LogP) is 3.93. The third-order valence-electron chi connectivity index (χ3n) is 3.79. The number of aromatic hydroxyl groups is 1. The summed E-state index contributed by atoms with van der Waals surface area (Å²) >= 11 is 0. The Morgan fingerprint density at radius 2 is 1.86 bits per heavy atom. The van der Waals surface area contributed by atoms with E-state index >= 15 is 0 Å². The molecule has 1 heterocycles.